The molecule has 1 amide bonds. The average Bonchev–Trinajstić information content (AvgIpc) is 2.84. The Bertz CT molecular complexity index is 693. The fourth-order valence-corrected chi connectivity index (χ4v) is 1.78. The molecule has 2 rings (SSSR count). The highest BCUT2D eigenvalue weighted by molar-refractivity contribution is 6.30. The van der Waals surface area contributed by atoms with Crippen LogP contribution in [-0.4, -0.2) is 10.5 Å². The van der Waals surface area contributed by atoms with E-state index in [-0.39, 0.29) is 5.57 Å². The predicted octanol–water partition coefficient (Wildman–Crippen LogP) is 3.22. The van der Waals surface area contributed by atoms with Gasteiger partial charge < -0.3 is 9.88 Å². The van der Waals surface area contributed by atoms with Crippen molar-refractivity contribution in [2.75, 3.05) is 5.32 Å². The largest absolute Gasteiger partial charge is 0.351 e. The molecule has 0 saturated heterocycles. The summed E-state index contributed by atoms with van der Waals surface area (Å²) in [5.41, 5.74) is 1.42. The predicted molar refractivity (Wildman–Crippen MR) is 79.1 cm³/mol. The van der Waals surface area contributed by atoms with E-state index in [1.807, 2.05) is 36.0 Å². The van der Waals surface area contributed by atoms with Gasteiger partial charge in [0.2, 0.25) is 0 Å². The van der Waals surface area contributed by atoms with Crippen LogP contribution in [0.1, 0.15) is 5.69 Å². The van der Waals surface area contributed by atoms with E-state index in [9.17, 15) is 4.79 Å². The van der Waals surface area contributed by atoms with Crippen LogP contribution >= 0.6 is 11.6 Å². The molecule has 0 aliphatic heterocycles. The highest BCUT2D eigenvalue weighted by Crippen LogP contribution is 2.15. The molecule has 2 aromatic rings. The van der Waals surface area contributed by atoms with Crippen molar-refractivity contribution < 1.29 is 4.79 Å². The Morgan fingerprint density at radius 3 is 2.60 bits per heavy atom. The van der Waals surface area contributed by atoms with Crippen LogP contribution in [0, 0.1) is 11.3 Å². The summed E-state index contributed by atoms with van der Waals surface area (Å²) >= 11 is 5.77. The summed E-state index contributed by atoms with van der Waals surface area (Å²) in [6.07, 6.45) is 3.39. The molecule has 20 heavy (non-hydrogen) atoms. The maximum atomic E-state index is 12.0. The lowest BCUT2D eigenvalue weighted by Crippen LogP contribution is -2.13. The highest BCUT2D eigenvalue weighted by atomic mass is 35.5. The number of nitrogens with one attached hydrogen (secondary N) is 1. The number of nitriles is 1. The van der Waals surface area contributed by atoms with Gasteiger partial charge in [0.25, 0.3) is 5.91 Å². The third kappa shape index (κ3) is 3.28. The lowest BCUT2D eigenvalue weighted by atomic mass is 10.2. The van der Waals surface area contributed by atoms with Crippen LogP contribution in [0.15, 0.2) is 48.2 Å². The zero-order chi connectivity index (χ0) is 14.5. The van der Waals surface area contributed by atoms with Gasteiger partial charge in [0.05, 0.1) is 0 Å². The molecule has 1 aromatic heterocycles. The van der Waals surface area contributed by atoms with E-state index in [2.05, 4.69) is 5.32 Å². The maximum Gasteiger partial charge on any atom is 0.266 e. The number of aryl methyl sites for hydroxylation is 1. The Hall–Kier alpha value is -2.51. The minimum Gasteiger partial charge on any atom is -0.351 e. The second-order valence-electron chi connectivity index (χ2n) is 4.17. The van der Waals surface area contributed by atoms with E-state index >= 15 is 0 Å². The van der Waals surface area contributed by atoms with Crippen molar-refractivity contribution in [1.82, 2.24) is 4.57 Å². The van der Waals surface area contributed by atoms with E-state index < -0.39 is 5.91 Å². The number of carbonyl (C=O) groups is 1. The van der Waals surface area contributed by atoms with Crippen LogP contribution in [0.2, 0.25) is 5.02 Å². The van der Waals surface area contributed by atoms with Gasteiger partial charge in [-0.2, -0.15) is 5.26 Å². The monoisotopic (exact) mass is 285 g/mol. The van der Waals surface area contributed by atoms with Gasteiger partial charge in [-0.3, -0.25) is 4.79 Å². The van der Waals surface area contributed by atoms with Crippen molar-refractivity contribution in [1.29, 1.82) is 5.26 Å². The van der Waals surface area contributed by atoms with Crippen LogP contribution in [-0.2, 0) is 11.8 Å². The zero-order valence-electron chi connectivity index (χ0n) is 10.8. The van der Waals surface area contributed by atoms with Crippen molar-refractivity contribution in [3.05, 3.63) is 58.9 Å². The first-order chi connectivity index (χ1) is 9.60. The number of anilines is 1. The quantitative estimate of drug-likeness (QED) is 0.695. The third-order valence-corrected chi connectivity index (χ3v) is 3.00. The van der Waals surface area contributed by atoms with Crippen molar-refractivity contribution >= 4 is 29.3 Å². The molecule has 0 unspecified atom stereocenters. The van der Waals surface area contributed by atoms with Gasteiger partial charge >= 0.3 is 0 Å². The molecular weight excluding hydrogens is 274 g/mol. The summed E-state index contributed by atoms with van der Waals surface area (Å²) in [6.45, 7) is 0. The number of amides is 1. The Balaban J connectivity index is 2.18. The van der Waals surface area contributed by atoms with Gasteiger partial charge in [0.15, 0.2) is 0 Å². The molecule has 100 valence electrons. The maximum absolute atomic E-state index is 12.0. The molecule has 0 spiro atoms. The molecule has 1 N–H and O–H groups in total. The second-order valence-corrected chi connectivity index (χ2v) is 4.61. The SMILES string of the molecule is Cn1cccc1C=C(C#N)C(=O)Nc1ccc(Cl)cc1. The molecule has 0 bridgehead atoms. The Morgan fingerprint density at radius 2 is 2.05 bits per heavy atom. The fraction of sp³-hybridized carbons (Fsp3) is 0.0667. The molecule has 0 radical (unpaired) electrons. The molecule has 1 heterocycles. The Morgan fingerprint density at radius 1 is 1.35 bits per heavy atom. The highest BCUT2D eigenvalue weighted by Gasteiger charge is 2.10. The molecule has 1 aromatic carbocycles. The molecule has 0 atom stereocenters. The van der Waals surface area contributed by atoms with Gasteiger partial charge in [-0.05, 0) is 42.5 Å². The first-order valence-corrected chi connectivity index (χ1v) is 6.28. The van der Waals surface area contributed by atoms with Crippen LogP contribution in [0.5, 0.6) is 0 Å². The smallest absolute Gasteiger partial charge is 0.266 e. The number of hydrogen-bond donors (Lipinski definition) is 1. The van der Waals surface area contributed by atoms with Crippen LogP contribution < -0.4 is 5.32 Å². The van der Waals surface area contributed by atoms with Gasteiger partial charge in [0, 0.05) is 29.6 Å². The van der Waals surface area contributed by atoms with Gasteiger partial charge in [-0.15, -0.1) is 0 Å². The number of aromatic nitrogens is 1. The summed E-state index contributed by atoms with van der Waals surface area (Å²) in [5, 5.41) is 12.3. The summed E-state index contributed by atoms with van der Waals surface area (Å²) in [7, 11) is 1.85. The standard InChI is InChI=1S/C15H12ClN3O/c1-19-8-2-3-14(19)9-11(10-17)15(20)18-13-6-4-12(16)5-7-13/h2-9H,1H3,(H,18,20). The normalized spacial score (nSPS) is 10.9. The van der Waals surface area contributed by atoms with Gasteiger partial charge in [-0.25, -0.2) is 0 Å². The number of carbonyl (C=O) groups excluding carboxylic acids is 1. The Labute approximate surface area is 121 Å². The lowest BCUT2D eigenvalue weighted by Gasteiger charge is -2.04. The Kier molecular flexibility index (Phi) is 4.24. The van der Waals surface area contributed by atoms with E-state index in [4.69, 9.17) is 16.9 Å². The first kappa shape index (κ1) is 13.9. The number of hydrogen-bond acceptors (Lipinski definition) is 2. The molecule has 0 saturated carbocycles. The second kappa shape index (κ2) is 6.09. The van der Waals surface area contributed by atoms with E-state index in [1.54, 1.807) is 30.3 Å². The summed E-state index contributed by atoms with van der Waals surface area (Å²) in [5.74, 6) is -0.448. The number of halogens is 1. The van der Waals surface area contributed by atoms with Crippen LogP contribution in [0.3, 0.4) is 0 Å². The molecule has 5 heteroatoms. The van der Waals surface area contributed by atoms with Crippen molar-refractivity contribution in [2.24, 2.45) is 7.05 Å². The number of benzene rings is 1. The number of nitrogens with zero attached hydrogens (tertiary/aromatic N) is 2. The zero-order valence-corrected chi connectivity index (χ0v) is 11.6. The van der Waals surface area contributed by atoms with Crippen molar-refractivity contribution in [2.45, 2.75) is 0 Å². The van der Waals surface area contributed by atoms with Crippen molar-refractivity contribution in [3.8, 4) is 6.07 Å². The van der Waals surface area contributed by atoms with Gasteiger partial charge in [0.1, 0.15) is 11.6 Å². The topological polar surface area (TPSA) is 57.8 Å². The summed E-state index contributed by atoms with van der Waals surface area (Å²) in [6, 6.07) is 12.3. The molecule has 0 aliphatic rings. The lowest BCUT2D eigenvalue weighted by molar-refractivity contribution is -0.112. The van der Waals surface area contributed by atoms with Crippen LogP contribution in [0.25, 0.3) is 6.08 Å². The molecule has 0 fully saturated rings. The van der Waals surface area contributed by atoms with E-state index in [0.717, 1.165) is 5.69 Å². The summed E-state index contributed by atoms with van der Waals surface area (Å²) < 4.78 is 1.83. The van der Waals surface area contributed by atoms with Crippen LogP contribution in [0.4, 0.5) is 5.69 Å². The van der Waals surface area contributed by atoms with E-state index in [1.165, 1.54) is 0 Å². The molecule has 4 nitrogen and oxygen atoms in total. The van der Waals surface area contributed by atoms with E-state index in [0.29, 0.717) is 10.7 Å². The molecular formula is C15H12ClN3O. The molecule has 0 aliphatic carbocycles. The van der Waals surface area contributed by atoms with Crippen molar-refractivity contribution in [3.63, 3.8) is 0 Å². The average molecular weight is 286 g/mol. The minimum atomic E-state index is -0.448. The first-order valence-electron chi connectivity index (χ1n) is 5.90. The van der Waals surface area contributed by atoms with Gasteiger partial charge in [-0.1, -0.05) is 11.6 Å². The summed E-state index contributed by atoms with van der Waals surface area (Å²) in [4.78, 5) is 12.0. The minimum absolute atomic E-state index is 0.0433. The third-order valence-electron chi connectivity index (χ3n) is 2.74. The fourth-order valence-electron chi connectivity index (χ4n) is 1.65. The number of rotatable bonds is 3.